The molecule has 5 nitrogen and oxygen atoms in total. The van der Waals surface area contributed by atoms with Gasteiger partial charge >= 0.3 is 5.97 Å². The lowest BCUT2D eigenvalue weighted by Gasteiger charge is -2.41. The van der Waals surface area contributed by atoms with Crippen LogP contribution in [0.15, 0.2) is 30.3 Å². The molecule has 1 aromatic carbocycles. The van der Waals surface area contributed by atoms with Crippen molar-refractivity contribution in [2.75, 3.05) is 7.11 Å². The zero-order chi connectivity index (χ0) is 16.2. The Kier molecular flexibility index (Phi) is 5.08. The van der Waals surface area contributed by atoms with E-state index in [1.165, 1.54) is 7.11 Å². The lowest BCUT2D eigenvalue weighted by atomic mass is 9.75. The molecular weight excluding hydrogens is 294 g/mol. The molecule has 0 amide bonds. The van der Waals surface area contributed by atoms with Gasteiger partial charge in [-0.05, 0) is 24.8 Å². The van der Waals surface area contributed by atoms with Crippen LogP contribution >= 0.6 is 0 Å². The van der Waals surface area contributed by atoms with Gasteiger partial charge in [0.1, 0.15) is 11.8 Å². The second-order valence-electron chi connectivity index (χ2n) is 6.36. The zero-order valence-electron chi connectivity index (χ0n) is 13.4. The lowest BCUT2D eigenvalue weighted by molar-refractivity contribution is -0.148. The molecule has 0 radical (unpaired) electrons. The molecule has 1 aliphatic heterocycles. The number of ether oxygens (including phenoxy) is 2. The first kappa shape index (κ1) is 16.1. The van der Waals surface area contributed by atoms with Crippen LogP contribution in [0.4, 0.5) is 0 Å². The molecule has 1 saturated heterocycles. The Balaban J connectivity index is 1.54. The Morgan fingerprint density at radius 3 is 2.78 bits per heavy atom. The lowest BCUT2D eigenvalue weighted by Crippen LogP contribution is -2.57. The van der Waals surface area contributed by atoms with Crippen LogP contribution in [0.25, 0.3) is 0 Å². The zero-order valence-corrected chi connectivity index (χ0v) is 13.4. The van der Waals surface area contributed by atoms with E-state index in [-0.39, 0.29) is 36.2 Å². The van der Waals surface area contributed by atoms with Crippen LogP contribution < -0.4 is 5.32 Å². The Labute approximate surface area is 136 Å². The van der Waals surface area contributed by atoms with Crippen molar-refractivity contribution in [2.24, 2.45) is 5.92 Å². The third-order valence-electron chi connectivity index (χ3n) is 4.85. The molecule has 1 aromatic rings. The van der Waals surface area contributed by atoms with E-state index in [9.17, 15) is 9.59 Å². The van der Waals surface area contributed by atoms with Gasteiger partial charge in [0, 0.05) is 18.4 Å². The molecule has 1 heterocycles. The molecule has 2 fully saturated rings. The smallest absolute Gasteiger partial charge is 0.323 e. The molecule has 1 N–H and O–H groups in total. The molecular formula is C18H23NO4. The number of hydrogen-bond acceptors (Lipinski definition) is 5. The highest BCUT2D eigenvalue weighted by atomic mass is 16.5. The van der Waals surface area contributed by atoms with Crippen molar-refractivity contribution in [2.45, 2.75) is 50.5 Å². The average molecular weight is 317 g/mol. The Morgan fingerprint density at radius 1 is 1.26 bits per heavy atom. The summed E-state index contributed by atoms with van der Waals surface area (Å²) in [4.78, 5) is 24.0. The largest absolute Gasteiger partial charge is 0.468 e. The van der Waals surface area contributed by atoms with Gasteiger partial charge in [-0.15, -0.1) is 0 Å². The number of hydrogen-bond donors (Lipinski definition) is 1. The summed E-state index contributed by atoms with van der Waals surface area (Å²) in [6.45, 7) is 0.579. The molecule has 124 valence electrons. The summed E-state index contributed by atoms with van der Waals surface area (Å²) in [6, 6.07) is 9.64. The summed E-state index contributed by atoms with van der Waals surface area (Å²) in [7, 11) is 1.36. The van der Waals surface area contributed by atoms with E-state index in [2.05, 4.69) is 5.32 Å². The summed E-state index contributed by atoms with van der Waals surface area (Å²) in [6.07, 6.45) is 2.82. The number of piperidine rings is 1. The maximum Gasteiger partial charge on any atom is 0.323 e. The molecule has 3 rings (SSSR count). The minimum Gasteiger partial charge on any atom is -0.468 e. The van der Waals surface area contributed by atoms with Crippen molar-refractivity contribution in [3.63, 3.8) is 0 Å². The molecule has 0 bridgehead atoms. The third-order valence-corrected chi connectivity index (χ3v) is 4.85. The number of fused-ring (bicyclic) bond motifs is 1. The van der Waals surface area contributed by atoms with E-state index < -0.39 is 6.04 Å². The maximum atomic E-state index is 12.4. The quantitative estimate of drug-likeness (QED) is 0.859. The SMILES string of the molecule is COC(=O)C1CC(=O)C2CC(OCc3ccccc3)CCC2N1. The van der Waals surface area contributed by atoms with Crippen molar-refractivity contribution in [3.8, 4) is 0 Å². The summed E-state index contributed by atoms with van der Waals surface area (Å²) in [5.41, 5.74) is 1.15. The first-order chi connectivity index (χ1) is 11.2. The van der Waals surface area contributed by atoms with Gasteiger partial charge in [0.15, 0.2) is 0 Å². The topological polar surface area (TPSA) is 64.6 Å². The van der Waals surface area contributed by atoms with Gasteiger partial charge in [-0.3, -0.25) is 9.59 Å². The fourth-order valence-electron chi connectivity index (χ4n) is 3.59. The molecule has 1 aliphatic carbocycles. The number of carbonyl (C=O) groups excluding carboxylic acids is 2. The summed E-state index contributed by atoms with van der Waals surface area (Å²) in [5, 5.41) is 3.28. The fourth-order valence-corrected chi connectivity index (χ4v) is 3.59. The van der Waals surface area contributed by atoms with E-state index >= 15 is 0 Å². The van der Waals surface area contributed by atoms with Crippen LogP contribution in [0.1, 0.15) is 31.2 Å². The van der Waals surface area contributed by atoms with Crippen LogP contribution in [0, 0.1) is 5.92 Å². The monoisotopic (exact) mass is 317 g/mol. The minimum absolute atomic E-state index is 0.0505. The molecule has 4 atom stereocenters. The highest BCUT2D eigenvalue weighted by Crippen LogP contribution is 2.32. The van der Waals surface area contributed by atoms with Crippen molar-refractivity contribution >= 4 is 11.8 Å². The summed E-state index contributed by atoms with van der Waals surface area (Å²) in [5.74, 6) is -0.248. The van der Waals surface area contributed by atoms with Crippen molar-refractivity contribution < 1.29 is 19.1 Å². The number of ketones is 1. The first-order valence-corrected chi connectivity index (χ1v) is 8.19. The molecule has 4 unspecified atom stereocenters. The van der Waals surface area contributed by atoms with Gasteiger partial charge in [0.05, 0.1) is 19.8 Å². The molecule has 1 saturated carbocycles. The van der Waals surface area contributed by atoms with Gasteiger partial charge in [0.2, 0.25) is 0 Å². The maximum absolute atomic E-state index is 12.4. The minimum atomic E-state index is -0.490. The van der Waals surface area contributed by atoms with E-state index in [0.717, 1.165) is 24.8 Å². The van der Waals surface area contributed by atoms with Gasteiger partial charge in [-0.25, -0.2) is 0 Å². The van der Waals surface area contributed by atoms with Crippen LogP contribution in [0.3, 0.4) is 0 Å². The second-order valence-corrected chi connectivity index (χ2v) is 6.36. The summed E-state index contributed by atoms with van der Waals surface area (Å²) >= 11 is 0. The van der Waals surface area contributed by atoms with Crippen molar-refractivity contribution in [1.82, 2.24) is 5.32 Å². The predicted octanol–water partition coefficient (Wildman–Crippen LogP) is 1.84. The number of benzene rings is 1. The molecule has 23 heavy (non-hydrogen) atoms. The third kappa shape index (κ3) is 3.79. The van der Waals surface area contributed by atoms with Gasteiger partial charge < -0.3 is 14.8 Å². The van der Waals surface area contributed by atoms with Gasteiger partial charge in [-0.1, -0.05) is 30.3 Å². The molecule has 0 aromatic heterocycles. The standard InChI is InChI=1S/C18H23NO4/c1-22-18(21)16-10-17(20)14-9-13(7-8-15(14)19-16)23-11-12-5-3-2-4-6-12/h2-6,13-16,19H,7-11H2,1H3. The highest BCUT2D eigenvalue weighted by molar-refractivity contribution is 5.89. The van der Waals surface area contributed by atoms with E-state index in [0.29, 0.717) is 6.61 Å². The molecule has 5 heteroatoms. The van der Waals surface area contributed by atoms with Crippen LogP contribution in [-0.4, -0.2) is 37.0 Å². The van der Waals surface area contributed by atoms with E-state index in [1.807, 2.05) is 30.3 Å². The predicted molar refractivity (Wildman–Crippen MR) is 84.7 cm³/mol. The molecule has 2 aliphatic rings. The van der Waals surface area contributed by atoms with Gasteiger partial charge in [0.25, 0.3) is 0 Å². The number of Topliss-reactive ketones (excluding diaryl/α,β-unsaturated/α-hetero) is 1. The van der Waals surface area contributed by atoms with Crippen LogP contribution in [0.2, 0.25) is 0 Å². The fraction of sp³-hybridized carbons (Fsp3) is 0.556. The number of rotatable bonds is 4. The van der Waals surface area contributed by atoms with Crippen LogP contribution in [0.5, 0.6) is 0 Å². The Bertz CT molecular complexity index is 559. The Hall–Kier alpha value is -1.72. The van der Waals surface area contributed by atoms with E-state index in [1.54, 1.807) is 0 Å². The number of nitrogens with one attached hydrogen (secondary N) is 1. The van der Waals surface area contributed by atoms with Gasteiger partial charge in [-0.2, -0.15) is 0 Å². The second kappa shape index (κ2) is 7.23. The van der Waals surface area contributed by atoms with Crippen LogP contribution in [-0.2, 0) is 25.7 Å². The average Bonchev–Trinajstić information content (AvgIpc) is 2.60. The Morgan fingerprint density at radius 2 is 2.04 bits per heavy atom. The van der Waals surface area contributed by atoms with Crippen molar-refractivity contribution in [1.29, 1.82) is 0 Å². The van der Waals surface area contributed by atoms with Crippen molar-refractivity contribution in [3.05, 3.63) is 35.9 Å². The number of methoxy groups -OCH3 is 1. The summed E-state index contributed by atoms with van der Waals surface area (Å²) < 4.78 is 10.7. The number of esters is 1. The normalized spacial score (nSPS) is 30.6. The first-order valence-electron chi connectivity index (χ1n) is 8.19. The van der Waals surface area contributed by atoms with E-state index in [4.69, 9.17) is 9.47 Å². The number of carbonyl (C=O) groups is 2. The highest BCUT2D eigenvalue weighted by Gasteiger charge is 2.42. The molecule has 0 spiro atoms.